The van der Waals surface area contributed by atoms with E-state index in [0.717, 1.165) is 30.5 Å². The van der Waals surface area contributed by atoms with Gasteiger partial charge in [0.2, 0.25) is 0 Å². The van der Waals surface area contributed by atoms with Crippen molar-refractivity contribution in [2.75, 3.05) is 25.1 Å². The highest BCUT2D eigenvalue weighted by molar-refractivity contribution is 7.83. The number of anilines is 1. The van der Waals surface area contributed by atoms with Crippen LogP contribution in [0, 0.1) is 5.41 Å². The highest BCUT2D eigenvalue weighted by atomic mass is 32.2. The number of nitrogens with two attached hydrogens (primary N) is 1. The van der Waals surface area contributed by atoms with Gasteiger partial charge in [0.15, 0.2) is 0 Å². The highest BCUT2D eigenvalue weighted by Crippen LogP contribution is 2.31. The first kappa shape index (κ1) is 18.9. The monoisotopic (exact) mass is 352 g/mol. The molecule has 0 radical (unpaired) electrons. The summed E-state index contributed by atoms with van der Waals surface area (Å²) in [5, 5.41) is 1.77. The summed E-state index contributed by atoms with van der Waals surface area (Å²) >= 11 is 0. The molecule has 2 atom stereocenters. The Kier molecular flexibility index (Phi) is 6.04. The minimum atomic E-state index is -0.924. The van der Waals surface area contributed by atoms with Crippen LogP contribution >= 0.6 is 0 Å². The molecule has 1 saturated heterocycles. The normalized spacial score (nSPS) is 20.6. The van der Waals surface area contributed by atoms with E-state index in [2.05, 4.69) is 0 Å². The van der Waals surface area contributed by atoms with Crippen molar-refractivity contribution < 1.29 is 13.8 Å². The van der Waals surface area contributed by atoms with Crippen LogP contribution in [0.1, 0.15) is 50.7 Å². The number of nitrogen functional groups attached to an aromatic ring is 1. The van der Waals surface area contributed by atoms with E-state index in [0.29, 0.717) is 18.0 Å². The number of hydroxylamine groups is 2. The Morgan fingerprint density at radius 2 is 2.12 bits per heavy atom. The van der Waals surface area contributed by atoms with Crippen molar-refractivity contribution >= 4 is 22.5 Å². The maximum Gasteiger partial charge on any atom is 0.330 e. The summed E-state index contributed by atoms with van der Waals surface area (Å²) in [6.45, 7) is 6.97. The topological polar surface area (TPSA) is 72.6 Å². The van der Waals surface area contributed by atoms with Gasteiger partial charge in [-0.25, -0.2) is 4.79 Å². The predicted octanol–water partition coefficient (Wildman–Crippen LogP) is 2.83. The number of hydrogen-bond acceptors (Lipinski definition) is 5. The molecule has 1 aliphatic rings. The minimum absolute atomic E-state index is 0.213. The lowest BCUT2D eigenvalue weighted by molar-refractivity contribution is -0.205. The summed E-state index contributed by atoms with van der Waals surface area (Å²) in [5.41, 5.74) is 8.26. The van der Waals surface area contributed by atoms with Gasteiger partial charge in [0.25, 0.3) is 0 Å². The maximum atomic E-state index is 12.1. The van der Waals surface area contributed by atoms with E-state index in [9.17, 15) is 9.00 Å². The summed E-state index contributed by atoms with van der Waals surface area (Å²) in [6, 6.07) is 5.83. The number of hydrogen-bond donors (Lipinski definition) is 1. The molecule has 1 aliphatic heterocycles. The molecule has 0 spiro atoms. The molecule has 0 amide bonds. The van der Waals surface area contributed by atoms with Crippen LogP contribution in [0.3, 0.4) is 0 Å². The number of nitrogens with zero attached hydrogens (tertiary/aromatic N) is 1. The van der Waals surface area contributed by atoms with Crippen LogP contribution in [0.4, 0.5) is 5.69 Å². The van der Waals surface area contributed by atoms with Crippen LogP contribution in [-0.2, 0) is 26.2 Å². The van der Waals surface area contributed by atoms with Crippen LogP contribution < -0.4 is 5.73 Å². The lowest BCUT2D eigenvalue weighted by Gasteiger charge is -2.33. The molecular formula is C18H28N2O3S. The molecule has 5 nitrogen and oxygen atoms in total. The molecular weight excluding hydrogens is 324 g/mol. The van der Waals surface area contributed by atoms with Crippen LogP contribution in [0.25, 0.3) is 0 Å². The molecule has 0 bridgehead atoms. The zero-order valence-corrected chi connectivity index (χ0v) is 15.8. The molecule has 0 aromatic heterocycles. The van der Waals surface area contributed by atoms with Gasteiger partial charge >= 0.3 is 5.97 Å². The van der Waals surface area contributed by atoms with Crippen molar-refractivity contribution in [1.29, 1.82) is 0 Å². The average molecular weight is 353 g/mol. The van der Waals surface area contributed by atoms with Gasteiger partial charge in [-0.3, -0.25) is 4.21 Å². The van der Waals surface area contributed by atoms with Crippen molar-refractivity contribution in [2.24, 2.45) is 5.41 Å². The van der Waals surface area contributed by atoms with Gasteiger partial charge in [-0.15, -0.1) is 5.06 Å². The minimum Gasteiger partial charge on any atom is -0.399 e. The third-order valence-electron chi connectivity index (χ3n) is 4.17. The van der Waals surface area contributed by atoms with Gasteiger partial charge in [-0.05, 0) is 56.9 Å². The number of rotatable bonds is 4. The van der Waals surface area contributed by atoms with Crippen LogP contribution in [0.2, 0.25) is 0 Å². The molecule has 134 valence electrons. The standard InChI is InChI=1S/C18H28N2O3S/c1-18(2,3)17(21)23-20-9-5-6-13(11-20)16-8-7-15(19)10-14(16)12-24(4)22/h7-8,10,13H,5-6,9,11-12,19H2,1-4H3. The smallest absolute Gasteiger partial charge is 0.330 e. The first-order valence-electron chi connectivity index (χ1n) is 8.32. The summed E-state index contributed by atoms with van der Waals surface area (Å²) < 4.78 is 11.7. The van der Waals surface area contributed by atoms with Gasteiger partial charge in [-0.1, -0.05) is 6.07 Å². The van der Waals surface area contributed by atoms with Crippen LogP contribution in [-0.4, -0.2) is 34.6 Å². The van der Waals surface area contributed by atoms with E-state index in [-0.39, 0.29) is 11.9 Å². The highest BCUT2D eigenvalue weighted by Gasteiger charge is 2.30. The zero-order chi connectivity index (χ0) is 17.9. The zero-order valence-electron chi connectivity index (χ0n) is 15.0. The quantitative estimate of drug-likeness (QED) is 0.844. The Bertz CT molecular complexity index is 625. The molecule has 24 heavy (non-hydrogen) atoms. The van der Waals surface area contributed by atoms with Gasteiger partial charge in [0.05, 0.1) is 5.41 Å². The molecule has 2 rings (SSSR count). The fourth-order valence-electron chi connectivity index (χ4n) is 2.90. The van der Waals surface area contributed by atoms with Gasteiger partial charge in [0, 0.05) is 47.5 Å². The van der Waals surface area contributed by atoms with Crippen LogP contribution in [0.5, 0.6) is 0 Å². The lowest BCUT2D eigenvalue weighted by Crippen LogP contribution is -2.39. The average Bonchev–Trinajstić information content (AvgIpc) is 2.46. The summed E-state index contributed by atoms with van der Waals surface area (Å²) in [6.07, 6.45) is 3.68. The van der Waals surface area contributed by atoms with E-state index >= 15 is 0 Å². The second kappa shape index (κ2) is 7.66. The molecule has 1 aromatic rings. The molecule has 2 unspecified atom stereocenters. The van der Waals surface area contributed by atoms with E-state index in [1.165, 1.54) is 0 Å². The van der Waals surface area contributed by atoms with Crippen molar-refractivity contribution in [1.82, 2.24) is 5.06 Å². The largest absolute Gasteiger partial charge is 0.399 e. The van der Waals surface area contributed by atoms with Crippen molar-refractivity contribution in [3.05, 3.63) is 29.3 Å². The molecule has 2 N–H and O–H groups in total. The lowest BCUT2D eigenvalue weighted by atomic mass is 9.88. The first-order chi connectivity index (χ1) is 11.2. The van der Waals surface area contributed by atoms with Gasteiger partial charge in [0.1, 0.15) is 0 Å². The summed E-state index contributed by atoms with van der Waals surface area (Å²) in [4.78, 5) is 17.7. The Labute approximate surface area is 147 Å². The van der Waals surface area contributed by atoms with Gasteiger partial charge < -0.3 is 10.6 Å². The fourth-order valence-corrected chi connectivity index (χ4v) is 3.59. The fraction of sp³-hybridized carbons (Fsp3) is 0.611. The Balaban J connectivity index is 2.15. The number of carbonyl (C=O) groups is 1. The molecule has 6 heteroatoms. The summed E-state index contributed by atoms with van der Waals surface area (Å²) in [5.74, 6) is 0.541. The van der Waals surface area contributed by atoms with Gasteiger partial charge in [-0.2, -0.15) is 0 Å². The molecule has 1 heterocycles. The number of benzene rings is 1. The van der Waals surface area contributed by atoms with E-state index in [1.807, 2.05) is 39.0 Å². The molecule has 1 fully saturated rings. The third-order valence-corrected chi connectivity index (χ3v) is 4.89. The second-order valence-electron chi connectivity index (χ2n) is 7.53. The predicted molar refractivity (Wildman–Crippen MR) is 97.7 cm³/mol. The number of piperidine rings is 1. The first-order valence-corrected chi connectivity index (χ1v) is 10.0. The second-order valence-corrected chi connectivity index (χ2v) is 8.97. The SMILES string of the molecule is CS(=O)Cc1cc(N)ccc1C1CCCN(OC(=O)C(C)(C)C)C1. The Morgan fingerprint density at radius 3 is 2.75 bits per heavy atom. The van der Waals surface area contributed by atoms with E-state index < -0.39 is 16.2 Å². The Morgan fingerprint density at radius 1 is 1.42 bits per heavy atom. The van der Waals surface area contributed by atoms with Crippen molar-refractivity contribution in [3.63, 3.8) is 0 Å². The summed E-state index contributed by atoms with van der Waals surface area (Å²) in [7, 11) is -0.924. The Hall–Kier alpha value is -1.40. The molecule has 0 saturated carbocycles. The van der Waals surface area contributed by atoms with E-state index in [4.69, 9.17) is 10.6 Å². The maximum absolute atomic E-state index is 12.1. The van der Waals surface area contributed by atoms with Crippen LogP contribution in [0.15, 0.2) is 18.2 Å². The molecule has 0 aliphatic carbocycles. The molecule has 1 aromatic carbocycles. The number of carbonyl (C=O) groups excluding carboxylic acids is 1. The van der Waals surface area contributed by atoms with Crippen molar-refractivity contribution in [3.8, 4) is 0 Å². The third kappa shape index (κ3) is 5.05. The van der Waals surface area contributed by atoms with Crippen molar-refractivity contribution in [2.45, 2.75) is 45.3 Å². The van der Waals surface area contributed by atoms with E-state index in [1.54, 1.807) is 11.3 Å².